The molecule has 20 heavy (non-hydrogen) atoms. The summed E-state index contributed by atoms with van der Waals surface area (Å²) in [6.45, 7) is 14.5. The molecule has 2 unspecified atom stereocenters. The zero-order valence-corrected chi connectivity index (χ0v) is 13.9. The molecule has 1 aromatic rings. The van der Waals surface area contributed by atoms with Crippen LogP contribution in [-0.2, 0) is 13.6 Å². The monoisotopic (exact) mass is 278 g/mol. The zero-order valence-electron chi connectivity index (χ0n) is 13.9. The van der Waals surface area contributed by atoms with Crippen molar-refractivity contribution in [1.82, 2.24) is 20.0 Å². The van der Waals surface area contributed by atoms with Crippen LogP contribution in [0.4, 0.5) is 0 Å². The third kappa shape index (κ3) is 3.23. The SMILES string of the molecule is CCC1(C)CN(Cc2cc(C)nn2C)C(C(C)C)CN1. The van der Waals surface area contributed by atoms with Gasteiger partial charge < -0.3 is 5.32 Å². The summed E-state index contributed by atoms with van der Waals surface area (Å²) in [7, 11) is 2.05. The summed E-state index contributed by atoms with van der Waals surface area (Å²) >= 11 is 0. The Bertz CT molecular complexity index is 451. The Kier molecular flexibility index (Phi) is 4.55. The van der Waals surface area contributed by atoms with E-state index < -0.39 is 0 Å². The lowest BCUT2D eigenvalue weighted by molar-refractivity contribution is 0.0520. The van der Waals surface area contributed by atoms with E-state index in [0.29, 0.717) is 12.0 Å². The lowest BCUT2D eigenvalue weighted by Crippen LogP contribution is -2.63. The largest absolute Gasteiger partial charge is 0.309 e. The minimum absolute atomic E-state index is 0.235. The Labute approximate surface area is 123 Å². The van der Waals surface area contributed by atoms with Gasteiger partial charge in [-0.25, -0.2) is 0 Å². The van der Waals surface area contributed by atoms with Crippen LogP contribution in [0.3, 0.4) is 0 Å². The molecule has 1 fully saturated rings. The van der Waals surface area contributed by atoms with E-state index in [9.17, 15) is 0 Å². The molecule has 2 rings (SSSR count). The van der Waals surface area contributed by atoms with Crippen molar-refractivity contribution in [3.63, 3.8) is 0 Å². The van der Waals surface area contributed by atoms with Crippen LogP contribution in [0, 0.1) is 12.8 Å². The maximum Gasteiger partial charge on any atom is 0.0597 e. The Morgan fingerprint density at radius 3 is 2.70 bits per heavy atom. The van der Waals surface area contributed by atoms with Crippen LogP contribution in [0.2, 0.25) is 0 Å². The average Bonchev–Trinajstić information content (AvgIpc) is 2.67. The van der Waals surface area contributed by atoms with E-state index in [4.69, 9.17) is 0 Å². The summed E-state index contributed by atoms with van der Waals surface area (Å²) in [6.07, 6.45) is 1.17. The van der Waals surface area contributed by atoms with Gasteiger partial charge in [-0.15, -0.1) is 0 Å². The smallest absolute Gasteiger partial charge is 0.0597 e. The highest BCUT2D eigenvalue weighted by Crippen LogP contribution is 2.24. The number of nitrogens with one attached hydrogen (secondary N) is 1. The number of hydrogen-bond acceptors (Lipinski definition) is 3. The van der Waals surface area contributed by atoms with E-state index in [-0.39, 0.29) is 5.54 Å². The Morgan fingerprint density at radius 2 is 2.20 bits per heavy atom. The van der Waals surface area contributed by atoms with Gasteiger partial charge in [0.25, 0.3) is 0 Å². The van der Waals surface area contributed by atoms with Gasteiger partial charge in [0.1, 0.15) is 0 Å². The summed E-state index contributed by atoms with van der Waals surface area (Å²) in [5, 5.41) is 8.23. The number of hydrogen-bond donors (Lipinski definition) is 1. The van der Waals surface area contributed by atoms with Crippen LogP contribution < -0.4 is 5.32 Å². The summed E-state index contributed by atoms with van der Waals surface area (Å²) in [6, 6.07) is 2.81. The molecule has 0 spiro atoms. The molecule has 1 saturated heterocycles. The number of nitrogens with zero attached hydrogens (tertiary/aromatic N) is 3. The van der Waals surface area contributed by atoms with Gasteiger partial charge in [0.2, 0.25) is 0 Å². The van der Waals surface area contributed by atoms with Gasteiger partial charge in [-0.1, -0.05) is 20.8 Å². The van der Waals surface area contributed by atoms with Gasteiger partial charge in [-0.2, -0.15) is 5.10 Å². The van der Waals surface area contributed by atoms with E-state index >= 15 is 0 Å². The number of aromatic nitrogens is 2. The fourth-order valence-corrected chi connectivity index (χ4v) is 3.19. The number of aryl methyl sites for hydroxylation is 2. The molecule has 1 aromatic heterocycles. The topological polar surface area (TPSA) is 33.1 Å². The van der Waals surface area contributed by atoms with E-state index in [1.165, 1.54) is 12.1 Å². The van der Waals surface area contributed by atoms with Gasteiger partial charge >= 0.3 is 0 Å². The summed E-state index contributed by atoms with van der Waals surface area (Å²) in [5.74, 6) is 0.665. The first-order valence-electron chi connectivity index (χ1n) is 7.83. The molecule has 0 aromatic carbocycles. The van der Waals surface area contributed by atoms with Crippen molar-refractivity contribution in [1.29, 1.82) is 0 Å². The van der Waals surface area contributed by atoms with Crippen molar-refractivity contribution in [2.24, 2.45) is 13.0 Å². The minimum atomic E-state index is 0.235. The van der Waals surface area contributed by atoms with Crippen molar-refractivity contribution in [2.45, 2.75) is 59.2 Å². The predicted molar refractivity (Wildman–Crippen MR) is 83.7 cm³/mol. The first kappa shape index (κ1) is 15.5. The Balaban J connectivity index is 2.17. The molecule has 0 amide bonds. The van der Waals surface area contributed by atoms with Crippen LogP contribution in [-0.4, -0.2) is 39.4 Å². The highest BCUT2D eigenvalue weighted by atomic mass is 15.3. The molecule has 1 N–H and O–H groups in total. The first-order valence-corrected chi connectivity index (χ1v) is 7.83. The molecule has 0 saturated carbocycles. The lowest BCUT2D eigenvalue weighted by Gasteiger charge is -2.47. The fourth-order valence-electron chi connectivity index (χ4n) is 3.19. The molecular formula is C16H30N4. The van der Waals surface area contributed by atoms with Gasteiger partial charge in [0, 0.05) is 38.3 Å². The standard InChI is InChI=1S/C16H30N4/c1-7-16(5)11-20(15(9-17-16)12(2)3)10-14-8-13(4)18-19(14)6/h8,12,15,17H,7,9-11H2,1-6H3. The average molecular weight is 278 g/mol. The maximum absolute atomic E-state index is 4.48. The van der Waals surface area contributed by atoms with Crippen LogP contribution in [0.25, 0.3) is 0 Å². The van der Waals surface area contributed by atoms with Crippen molar-refractivity contribution in [3.05, 3.63) is 17.5 Å². The van der Waals surface area contributed by atoms with Crippen molar-refractivity contribution < 1.29 is 0 Å². The molecule has 2 atom stereocenters. The highest BCUT2D eigenvalue weighted by Gasteiger charge is 2.35. The quantitative estimate of drug-likeness (QED) is 0.917. The second kappa shape index (κ2) is 5.86. The molecule has 2 heterocycles. The lowest BCUT2D eigenvalue weighted by atomic mass is 9.90. The molecule has 4 heteroatoms. The summed E-state index contributed by atoms with van der Waals surface area (Å²) < 4.78 is 2.03. The van der Waals surface area contributed by atoms with Gasteiger partial charge in [-0.05, 0) is 32.3 Å². The Hall–Kier alpha value is -0.870. The van der Waals surface area contributed by atoms with Crippen LogP contribution in [0.1, 0.15) is 45.5 Å². The van der Waals surface area contributed by atoms with E-state index in [1.54, 1.807) is 0 Å². The number of rotatable bonds is 4. The Morgan fingerprint density at radius 1 is 1.50 bits per heavy atom. The molecule has 1 aliphatic rings. The first-order chi connectivity index (χ1) is 9.34. The molecule has 0 bridgehead atoms. The van der Waals surface area contributed by atoms with Crippen molar-refractivity contribution in [3.8, 4) is 0 Å². The third-order valence-electron chi connectivity index (χ3n) is 4.77. The van der Waals surface area contributed by atoms with E-state index in [2.05, 4.69) is 56.0 Å². The third-order valence-corrected chi connectivity index (χ3v) is 4.77. The summed E-state index contributed by atoms with van der Waals surface area (Å²) in [4.78, 5) is 2.64. The zero-order chi connectivity index (χ0) is 14.9. The number of piperazine rings is 1. The van der Waals surface area contributed by atoms with Crippen LogP contribution >= 0.6 is 0 Å². The molecule has 1 aliphatic heterocycles. The maximum atomic E-state index is 4.48. The predicted octanol–water partition coefficient (Wildman–Crippen LogP) is 2.33. The molecule has 4 nitrogen and oxygen atoms in total. The van der Waals surface area contributed by atoms with E-state index in [1.807, 2.05) is 11.7 Å². The second-order valence-corrected chi connectivity index (χ2v) is 6.91. The van der Waals surface area contributed by atoms with Crippen LogP contribution in [0.5, 0.6) is 0 Å². The van der Waals surface area contributed by atoms with Crippen molar-refractivity contribution in [2.75, 3.05) is 13.1 Å². The van der Waals surface area contributed by atoms with Gasteiger partial charge in [0.05, 0.1) is 11.4 Å². The fraction of sp³-hybridized carbons (Fsp3) is 0.812. The molecular weight excluding hydrogens is 248 g/mol. The molecule has 0 radical (unpaired) electrons. The summed E-state index contributed by atoms with van der Waals surface area (Å²) in [5.41, 5.74) is 2.66. The van der Waals surface area contributed by atoms with Gasteiger partial charge in [0.15, 0.2) is 0 Å². The van der Waals surface area contributed by atoms with Gasteiger partial charge in [-0.3, -0.25) is 9.58 Å². The van der Waals surface area contributed by atoms with Crippen molar-refractivity contribution >= 4 is 0 Å². The highest BCUT2D eigenvalue weighted by molar-refractivity contribution is 5.09. The van der Waals surface area contributed by atoms with E-state index in [0.717, 1.165) is 25.3 Å². The molecule has 0 aliphatic carbocycles. The minimum Gasteiger partial charge on any atom is -0.309 e. The normalized spacial score (nSPS) is 28.2. The van der Waals surface area contributed by atoms with Crippen LogP contribution in [0.15, 0.2) is 6.07 Å². The second-order valence-electron chi connectivity index (χ2n) is 6.91. The molecule has 114 valence electrons.